The lowest BCUT2D eigenvalue weighted by molar-refractivity contribution is 0.413. The summed E-state index contributed by atoms with van der Waals surface area (Å²) in [6.45, 7) is 6.26. The SMILES string of the molecule is COc1cc(Br)ccc1-c1cnc(CCNCC(C)C)o1. The van der Waals surface area contributed by atoms with Gasteiger partial charge in [-0.2, -0.15) is 0 Å². The lowest BCUT2D eigenvalue weighted by Gasteiger charge is -2.06. The van der Waals surface area contributed by atoms with Gasteiger partial charge in [0.05, 0.1) is 18.9 Å². The summed E-state index contributed by atoms with van der Waals surface area (Å²) >= 11 is 3.43. The van der Waals surface area contributed by atoms with Gasteiger partial charge in [-0.15, -0.1) is 0 Å². The molecule has 1 aromatic carbocycles. The first-order valence-electron chi connectivity index (χ1n) is 7.09. The molecule has 21 heavy (non-hydrogen) atoms. The van der Waals surface area contributed by atoms with Crippen LogP contribution in [0.1, 0.15) is 19.7 Å². The summed E-state index contributed by atoms with van der Waals surface area (Å²) in [5, 5.41) is 3.38. The van der Waals surface area contributed by atoms with E-state index in [1.54, 1.807) is 13.3 Å². The zero-order chi connectivity index (χ0) is 15.2. The summed E-state index contributed by atoms with van der Waals surface area (Å²) in [6.07, 6.45) is 2.54. The zero-order valence-corrected chi connectivity index (χ0v) is 14.2. The van der Waals surface area contributed by atoms with Crippen molar-refractivity contribution in [3.05, 3.63) is 34.8 Å². The Balaban J connectivity index is 2.02. The fourth-order valence-corrected chi connectivity index (χ4v) is 2.35. The number of methoxy groups -OCH3 is 1. The third-order valence-corrected chi connectivity index (χ3v) is 3.54. The van der Waals surface area contributed by atoms with Crippen LogP contribution in [0.25, 0.3) is 11.3 Å². The Kier molecular flexibility index (Phi) is 5.82. The molecule has 0 atom stereocenters. The highest BCUT2D eigenvalue weighted by molar-refractivity contribution is 9.10. The van der Waals surface area contributed by atoms with Crippen LogP contribution in [0, 0.1) is 5.92 Å². The number of hydrogen-bond acceptors (Lipinski definition) is 4. The molecule has 5 heteroatoms. The quantitative estimate of drug-likeness (QED) is 0.767. The molecule has 4 nitrogen and oxygen atoms in total. The Bertz CT molecular complexity index is 581. The van der Waals surface area contributed by atoms with Crippen LogP contribution >= 0.6 is 15.9 Å². The Morgan fingerprint density at radius 1 is 1.38 bits per heavy atom. The molecule has 0 bridgehead atoms. The predicted octanol–water partition coefficient (Wildman–Crippen LogP) is 3.90. The number of aromatic nitrogens is 1. The third kappa shape index (κ3) is 4.58. The van der Waals surface area contributed by atoms with Crippen LogP contribution in [0.2, 0.25) is 0 Å². The van der Waals surface area contributed by atoms with Gasteiger partial charge in [0.1, 0.15) is 5.75 Å². The van der Waals surface area contributed by atoms with Gasteiger partial charge in [0, 0.05) is 17.4 Å². The Morgan fingerprint density at radius 2 is 2.19 bits per heavy atom. The molecule has 1 heterocycles. The predicted molar refractivity (Wildman–Crippen MR) is 87.6 cm³/mol. The Labute approximate surface area is 134 Å². The van der Waals surface area contributed by atoms with E-state index >= 15 is 0 Å². The molecule has 0 amide bonds. The van der Waals surface area contributed by atoms with E-state index < -0.39 is 0 Å². The minimum atomic E-state index is 0.650. The first-order chi connectivity index (χ1) is 10.1. The molecular weight excluding hydrogens is 332 g/mol. The lowest BCUT2D eigenvalue weighted by atomic mass is 10.1. The first-order valence-corrected chi connectivity index (χ1v) is 7.88. The van der Waals surface area contributed by atoms with Gasteiger partial charge in [0.2, 0.25) is 0 Å². The summed E-state index contributed by atoms with van der Waals surface area (Å²) in [6, 6.07) is 5.84. The molecule has 0 aliphatic rings. The summed E-state index contributed by atoms with van der Waals surface area (Å²) in [5.74, 6) is 2.89. The molecule has 0 unspecified atom stereocenters. The maximum atomic E-state index is 5.81. The van der Waals surface area contributed by atoms with Gasteiger partial charge in [0.15, 0.2) is 11.7 Å². The van der Waals surface area contributed by atoms with Crippen LogP contribution in [0.5, 0.6) is 5.75 Å². The molecule has 0 saturated carbocycles. The number of rotatable bonds is 7. The van der Waals surface area contributed by atoms with Gasteiger partial charge in [0.25, 0.3) is 0 Å². The summed E-state index contributed by atoms with van der Waals surface area (Å²) in [7, 11) is 1.65. The molecule has 1 aromatic heterocycles. The van der Waals surface area contributed by atoms with Gasteiger partial charge in [-0.1, -0.05) is 29.8 Å². The van der Waals surface area contributed by atoms with E-state index in [0.717, 1.165) is 46.9 Å². The number of nitrogens with zero attached hydrogens (tertiary/aromatic N) is 1. The van der Waals surface area contributed by atoms with Gasteiger partial charge >= 0.3 is 0 Å². The van der Waals surface area contributed by atoms with E-state index in [4.69, 9.17) is 9.15 Å². The second-order valence-electron chi connectivity index (χ2n) is 5.31. The van der Waals surface area contributed by atoms with Crippen molar-refractivity contribution in [3.8, 4) is 17.1 Å². The molecule has 0 saturated heterocycles. The van der Waals surface area contributed by atoms with Crippen LogP contribution in [-0.2, 0) is 6.42 Å². The van der Waals surface area contributed by atoms with Crippen molar-refractivity contribution in [2.75, 3.05) is 20.2 Å². The minimum absolute atomic E-state index is 0.650. The average molecular weight is 353 g/mol. The average Bonchev–Trinajstić information content (AvgIpc) is 2.92. The summed E-state index contributed by atoms with van der Waals surface area (Å²) in [4.78, 5) is 4.33. The Morgan fingerprint density at radius 3 is 2.90 bits per heavy atom. The molecule has 0 spiro atoms. The normalized spacial score (nSPS) is 11.1. The maximum Gasteiger partial charge on any atom is 0.196 e. The highest BCUT2D eigenvalue weighted by Gasteiger charge is 2.11. The highest BCUT2D eigenvalue weighted by atomic mass is 79.9. The second-order valence-corrected chi connectivity index (χ2v) is 6.23. The molecule has 1 N–H and O–H groups in total. The third-order valence-electron chi connectivity index (χ3n) is 3.05. The van der Waals surface area contributed by atoms with E-state index in [9.17, 15) is 0 Å². The smallest absolute Gasteiger partial charge is 0.196 e. The molecule has 2 rings (SSSR count). The van der Waals surface area contributed by atoms with Gasteiger partial charge in [-0.25, -0.2) is 4.98 Å². The number of ether oxygens (including phenoxy) is 1. The molecule has 0 radical (unpaired) electrons. The number of oxazole rings is 1. The highest BCUT2D eigenvalue weighted by Crippen LogP contribution is 2.32. The van der Waals surface area contributed by atoms with E-state index in [2.05, 4.69) is 40.1 Å². The molecular formula is C16H21BrN2O2. The van der Waals surface area contributed by atoms with Crippen molar-refractivity contribution in [2.24, 2.45) is 5.92 Å². The zero-order valence-electron chi connectivity index (χ0n) is 12.6. The second kappa shape index (κ2) is 7.61. The van der Waals surface area contributed by atoms with E-state index in [1.807, 2.05) is 18.2 Å². The largest absolute Gasteiger partial charge is 0.496 e. The Hall–Kier alpha value is -1.33. The minimum Gasteiger partial charge on any atom is -0.496 e. The van der Waals surface area contributed by atoms with Gasteiger partial charge in [-0.05, 0) is 30.7 Å². The van der Waals surface area contributed by atoms with Gasteiger partial charge < -0.3 is 14.5 Å². The van der Waals surface area contributed by atoms with Crippen LogP contribution in [-0.4, -0.2) is 25.2 Å². The lowest BCUT2D eigenvalue weighted by Crippen LogP contribution is -2.22. The van der Waals surface area contributed by atoms with Crippen molar-refractivity contribution < 1.29 is 9.15 Å². The summed E-state index contributed by atoms with van der Waals surface area (Å²) < 4.78 is 12.2. The number of halogens is 1. The standard InChI is InChI=1S/C16H21BrN2O2/c1-11(2)9-18-7-6-16-19-10-15(21-16)13-5-4-12(17)8-14(13)20-3/h4-5,8,10-11,18H,6-7,9H2,1-3H3. The summed E-state index contributed by atoms with van der Waals surface area (Å²) in [5.41, 5.74) is 0.912. The fraction of sp³-hybridized carbons (Fsp3) is 0.438. The number of benzene rings is 1. The molecule has 0 aliphatic heterocycles. The van der Waals surface area contributed by atoms with Crippen molar-refractivity contribution in [1.82, 2.24) is 10.3 Å². The van der Waals surface area contributed by atoms with E-state index in [-0.39, 0.29) is 0 Å². The van der Waals surface area contributed by atoms with Crippen molar-refractivity contribution in [1.29, 1.82) is 0 Å². The van der Waals surface area contributed by atoms with Gasteiger partial charge in [-0.3, -0.25) is 0 Å². The van der Waals surface area contributed by atoms with Crippen molar-refractivity contribution in [2.45, 2.75) is 20.3 Å². The van der Waals surface area contributed by atoms with Crippen LogP contribution in [0.15, 0.2) is 33.3 Å². The fourth-order valence-electron chi connectivity index (χ4n) is 2.01. The molecule has 114 valence electrons. The molecule has 0 fully saturated rings. The van der Waals surface area contributed by atoms with Crippen molar-refractivity contribution >= 4 is 15.9 Å². The topological polar surface area (TPSA) is 47.3 Å². The van der Waals surface area contributed by atoms with E-state index in [0.29, 0.717) is 5.92 Å². The van der Waals surface area contributed by atoms with Crippen LogP contribution in [0.3, 0.4) is 0 Å². The van der Waals surface area contributed by atoms with Crippen LogP contribution < -0.4 is 10.1 Å². The van der Waals surface area contributed by atoms with Crippen molar-refractivity contribution in [3.63, 3.8) is 0 Å². The maximum absolute atomic E-state index is 5.81. The van der Waals surface area contributed by atoms with E-state index in [1.165, 1.54) is 0 Å². The molecule has 2 aromatic rings. The monoisotopic (exact) mass is 352 g/mol. The first kappa shape index (κ1) is 16.0. The number of nitrogens with one attached hydrogen (secondary N) is 1. The molecule has 0 aliphatic carbocycles. The number of hydrogen-bond donors (Lipinski definition) is 1. The van der Waals surface area contributed by atoms with Crippen LogP contribution in [0.4, 0.5) is 0 Å².